The van der Waals surface area contributed by atoms with Gasteiger partial charge in [-0.25, -0.2) is 0 Å². The molecule has 108 valence electrons. The maximum absolute atomic E-state index is 11.2. The molecule has 2 atom stereocenters. The van der Waals surface area contributed by atoms with Gasteiger partial charge in [0.1, 0.15) is 5.69 Å². The molecule has 0 saturated heterocycles. The van der Waals surface area contributed by atoms with Crippen LogP contribution in [0.15, 0.2) is 18.2 Å². The molecule has 1 amide bonds. The average molecular weight is 278 g/mol. The number of nitro benzene ring substituents is 1. The van der Waals surface area contributed by atoms with Crippen molar-refractivity contribution in [1.82, 2.24) is 0 Å². The monoisotopic (exact) mass is 278 g/mol. The number of amides is 1. The molecule has 0 radical (unpaired) electrons. The normalized spacial score (nSPS) is 22.2. The largest absolute Gasteiger partial charge is 0.375 e. The maximum Gasteiger partial charge on any atom is 0.292 e. The van der Waals surface area contributed by atoms with Gasteiger partial charge in [0.2, 0.25) is 5.91 Å². The molecule has 1 aliphatic carbocycles. The van der Waals surface area contributed by atoms with Crippen LogP contribution in [0.4, 0.5) is 11.4 Å². The van der Waals surface area contributed by atoms with Crippen molar-refractivity contribution in [3.05, 3.63) is 33.9 Å². The summed E-state index contributed by atoms with van der Waals surface area (Å²) < 4.78 is 0. The summed E-state index contributed by atoms with van der Waals surface area (Å²) in [5, 5.41) is 14.1. The molecule has 0 aliphatic heterocycles. The van der Waals surface area contributed by atoms with Crippen molar-refractivity contribution in [1.29, 1.82) is 0 Å². The lowest BCUT2D eigenvalue weighted by Gasteiger charge is -2.30. The Morgan fingerprint density at radius 2 is 2.05 bits per heavy atom. The van der Waals surface area contributed by atoms with Crippen LogP contribution in [0.25, 0.3) is 0 Å². The van der Waals surface area contributed by atoms with E-state index in [1.165, 1.54) is 18.2 Å². The highest BCUT2D eigenvalue weighted by molar-refractivity contribution is 5.94. The van der Waals surface area contributed by atoms with Crippen LogP contribution in [0.5, 0.6) is 0 Å². The number of primary amides is 1. The highest BCUT2D eigenvalue weighted by Crippen LogP contribution is 2.29. The number of rotatable bonds is 4. The van der Waals surface area contributed by atoms with Crippen LogP contribution in [0.1, 0.15) is 36.0 Å². The lowest BCUT2D eigenvalue weighted by Crippen LogP contribution is -2.42. The number of nitrogens with zero attached hydrogens (tertiary/aromatic N) is 1. The van der Waals surface area contributed by atoms with Gasteiger partial charge in [0.25, 0.3) is 5.69 Å². The molecule has 1 fully saturated rings. The average Bonchev–Trinajstić information content (AvgIpc) is 2.41. The van der Waals surface area contributed by atoms with E-state index in [1.807, 2.05) is 0 Å². The van der Waals surface area contributed by atoms with E-state index in [-0.39, 0.29) is 23.3 Å². The first kappa shape index (κ1) is 14.3. The fraction of sp³-hybridized carbons (Fsp3) is 0.462. The molecule has 1 saturated carbocycles. The van der Waals surface area contributed by atoms with Crippen LogP contribution in [0.2, 0.25) is 0 Å². The quantitative estimate of drug-likeness (QED) is 0.566. The number of nitrogens with one attached hydrogen (secondary N) is 1. The second-order valence-corrected chi connectivity index (χ2v) is 5.05. The number of hydrogen-bond acceptors (Lipinski definition) is 5. The van der Waals surface area contributed by atoms with Crippen LogP contribution in [0.3, 0.4) is 0 Å². The molecule has 5 N–H and O–H groups in total. The zero-order chi connectivity index (χ0) is 14.7. The lowest BCUT2D eigenvalue weighted by atomic mass is 9.90. The molecule has 20 heavy (non-hydrogen) atoms. The Kier molecular flexibility index (Phi) is 4.19. The van der Waals surface area contributed by atoms with Crippen molar-refractivity contribution >= 4 is 17.3 Å². The summed E-state index contributed by atoms with van der Waals surface area (Å²) in [5.74, 6) is -0.615. The second-order valence-electron chi connectivity index (χ2n) is 5.05. The number of nitrogens with two attached hydrogens (primary N) is 2. The number of carbonyl (C=O) groups is 1. The Balaban J connectivity index is 2.29. The molecule has 0 spiro atoms. The summed E-state index contributed by atoms with van der Waals surface area (Å²) in [6.45, 7) is 0. The van der Waals surface area contributed by atoms with E-state index in [1.54, 1.807) is 0 Å². The summed E-state index contributed by atoms with van der Waals surface area (Å²) in [6, 6.07) is 4.00. The van der Waals surface area contributed by atoms with Crippen LogP contribution >= 0.6 is 0 Å². The van der Waals surface area contributed by atoms with Gasteiger partial charge < -0.3 is 16.8 Å². The molecule has 0 bridgehead atoms. The van der Waals surface area contributed by atoms with Crippen molar-refractivity contribution < 1.29 is 9.72 Å². The van der Waals surface area contributed by atoms with E-state index < -0.39 is 10.8 Å². The van der Waals surface area contributed by atoms with Gasteiger partial charge in [0.15, 0.2) is 0 Å². The van der Waals surface area contributed by atoms with Gasteiger partial charge in [-0.2, -0.15) is 0 Å². The Morgan fingerprint density at radius 3 is 2.65 bits per heavy atom. The molecule has 7 nitrogen and oxygen atoms in total. The number of hydrogen-bond donors (Lipinski definition) is 3. The fourth-order valence-electron chi connectivity index (χ4n) is 2.50. The third kappa shape index (κ3) is 3.05. The van der Waals surface area contributed by atoms with Crippen molar-refractivity contribution in [3.63, 3.8) is 0 Å². The van der Waals surface area contributed by atoms with Gasteiger partial charge in [0.05, 0.1) is 4.92 Å². The summed E-state index contributed by atoms with van der Waals surface area (Å²) in [6.07, 6.45) is 3.86. The van der Waals surface area contributed by atoms with Crippen LogP contribution in [0, 0.1) is 10.1 Å². The van der Waals surface area contributed by atoms with Crippen molar-refractivity contribution in [3.8, 4) is 0 Å². The first-order valence-corrected chi connectivity index (χ1v) is 6.59. The minimum Gasteiger partial charge on any atom is -0.375 e. The Morgan fingerprint density at radius 1 is 1.35 bits per heavy atom. The molecule has 2 unspecified atom stereocenters. The Hall–Kier alpha value is -2.15. The third-order valence-corrected chi connectivity index (χ3v) is 3.64. The van der Waals surface area contributed by atoms with Crippen molar-refractivity contribution in [2.75, 3.05) is 5.32 Å². The standard InChI is InChI=1S/C13H18N4O3/c14-9-3-1-2-4-10(9)16-11-7-8(13(15)18)5-6-12(11)17(19)20/h5-7,9-10,16H,1-4,14H2,(H2,15,18). The van der Waals surface area contributed by atoms with Crippen LogP contribution < -0.4 is 16.8 Å². The predicted octanol–water partition coefficient (Wildman–Crippen LogP) is 1.38. The molecule has 1 aromatic rings. The summed E-state index contributed by atoms with van der Waals surface area (Å²) in [4.78, 5) is 21.8. The van der Waals surface area contributed by atoms with Gasteiger partial charge in [-0.05, 0) is 25.0 Å². The number of benzene rings is 1. The number of nitro groups is 1. The Labute approximate surface area is 116 Å². The van der Waals surface area contributed by atoms with Gasteiger partial charge in [0, 0.05) is 23.7 Å². The zero-order valence-corrected chi connectivity index (χ0v) is 11.0. The van der Waals surface area contributed by atoms with Gasteiger partial charge >= 0.3 is 0 Å². The van der Waals surface area contributed by atoms with E-state index in [9.17, 15) is 14.9 Å². The first-order chi connectivity index (χ1) is 9.49. The lowest BCUT2D eigenvalue weighted by molar-refractivity contribution is -0.384. The highest BCUT2D eigenvalue weighted by atomic mass is 16.6. The fourth-order valence-corrected chi connectivity index (χ4v) is 2.50. The SMILES string of the molecule is NC(=O)c1ccc([N+](=O)[O-])c(NC2CCCCC2N)c1. The zero-order valence-electron chi connectivity index (χ0n) is 11.0. The summed E-state index contributed by atoms with van der Waals surface area (Å²) in [7, 11) is 0. The van der Waals surface area contributed by atoms with E-state index in [0.29, 0.717) is 5.69 Å². The van der Waals surface area contributed by atoms with Crippen molar-refractivity contribution in [2.24, 2.45) is 11.5 Å². The van der Waals surface area contributed by atoms with Crippen LogP contribution in [-0.2, 0) is 0 Å². The maximum atomic E-state index is 11.2. The molecule has 7 heteroatoms. The van der Waals surface area contributed by atoms with E-state index >= 15 is 0 Å². The molecular weight excluding hydrogens is 260 g/mol. The van der Waals surface area contributed by atoms with E-state index in [2.05, 4.69) is 5.32 Å². The minimum atomic E-state index is -0.615. The highest BCUT2D eigenvalue weighted by Gasteiger charge is 2.25. The summed E-state index contributed by atoms with van der Waals surface area (Å²) in [5.41, 5.74) is 11.7. The molecule has 0 heterocycles. The van der Waals surface area contributed by atoms with Gasteiger partial charge in [-0.1, -0.05) is 12.8 Å². The van der Waals surface area contributed by atoms with E-state index in [4.69, 9.17) is 11.5 Å². The molecule has 2 rings (SSSR count). The molecular formula is C13H18N4O3. The predicted molar refractivity (Wildman–Crippen MR) is 75.5 cm³/mol. The van der Waals surface area contributed by atoms with Crippen LogP contribution in [-0.4, -0.2) is 22.9 Å². The number of carbonyl (C=O) groups excluding carboxylic acids is 1. The van der Waals surface area contributed by atoms with Gasteiger partial charge in [-0.3, -0.25) is 14.9 Å². The summed E-state index contributed by atoms with van der Waals surface area (Å²) >= 11 is 0. The molecule has 1 aliphatic rings. The van der Waals surface area contributed by atoms with E-state index in [0.717, 1.165) is 25.7 Å². The molecule has 0 aromatic heterocycles. The first-order valence-electron chi connectivity index (χ1n) is 6.59. The smallest absolute Gasteiger partial charge is 0.292 e. The third-order valence-electron chi connectivity index (χ3n) is 3.64. The second kappa shape index (κ2) is 5.87. The Bertz CT molecular complexity index is 532. The van der Waals surface area contributed by atoms with Gasteiger partial charge in [-0.15, -0.1) is 0 Å². The molecule has 1 aromatic carbocycles. The topological polar surface area (TPSA) is 124 Å². The number of anilines is 1. The van der Waals surface area contributed by atoms with Crippen molar-refractivity contribution in [2.45, 2.75) is 37.8 Å². The minimum absolute atomic E-state index is 0.0226.